The quantitative estimate of drug-likeness (QED) is 0.191. The van der Waals surface area contributed by atoms with Crippen molar-refractivity contribution in [2.75, 3.05) is 20.3 Å². The van der Waals surface area contributed by atoms with E-state index in [4.69, 9.17) is 29.2 Å². The summed E-state index contributed by atoms with van der Waals surface area (Å²) in [5, 5.41) is 11.0. The van der Waals surface area contributed by atoms with Crippen molar-refractivity contribution in [2.45, 2.75) is 48.1 Å². The van der Waals surface area contributed by atoms with Crippen molar-refractivity contribution in [2.24, 2.45) is 0 Å². The van der Waals surface area contributed by atoms with Gasteiger partial charge in [-0.05, 0) is 57.9 Å². The number of ether oxygens (including phenoxy) is 3. The Hall–Kier alpha value is -4.30. The molecule has 1 heterocycles. The van der Waals surface area contributed by atoms with Crippen molar-refractivity contribution in [1.29, 1.82) is 0 Å². The lowest BCUT2D eigenvalue weighted by Crippen LogP contribution is -2.27. The molecule has 4 rings (SSSR count). The molecule has 40 heavy (non-hydrogen) atoms. The maximum Gasteiger partial charge on any atom is 0.347 e. The van der Waals surface area contributed by atoms with E-state index in [1.54, 1.807) is 19.1 Å². The van der Waals surface area contributed by atoms with Crippen LogP contribution in [0.5, 0.6) is 11.5 Å². The van der Waals surface area contributed by atoms with Gasteiger partial charge in [-0.25, -0.2) is 19.7 Å². The van der Waals surface area contributed by atoms with Crippen LogP contribution in [0.4, 0.5) is 0 Å². The van der Waals surface area contributed by atoms with E-state index in [1.165, 1.54) is 13.2 Å². The van der Waals surface area contributed by atoms with Gasteiger partial charge in [0.05, 0.1) is 12.2 Å². The number of nitrogens with zero attached hydrogens (tertiary/aromatic N) is 3. The normalized spacial score (nSPS) is 11.4. The molecule has 1 unspecified atom stereocenters. The smallest absolute Gasteiger partial charge is 0.347 e. The standard InChI is InChI=1S/C31H33N3O5.CH4/c1-18-7-10-24(20(3)15-18)28-32-29(25-11-8-19(2)16-21(25)4)34-30(33-28)26-12-9-23(17-27(26)35)39-22(5)31(36)38-14-13-37-6;/h7-12,15-17,22,35H,13-14H2,1-6H3;1H4. The molecule has 0 bridgehead atoms. The molecule has 1 aromatic heterocycles. The molecule has 0 aliphatic heterocycles. The van der Waals surface area contributed by atoms with Gasteiger partial charge in [0, 0.05) is 24.3 Å². The highest BCUT2D eigenvalue weighted by molar-refractivity contribution is 5.75. The van der Waals surface area contributed by atoms with Gasteiger partial charge in [-0.15, -0.1) is 0 Å². The summed E-state index contributed by atoms with van der Waals surface area (Å²) in [4.78, 5) is 26.5. The number of carbonyl (C=O) groups excluding carboxylic acids is 1. The lowest BCUT2D eigenvalue weighted by atomic mass is 10.0. The van der Waals surface area contributed by atoms with Gasteiger partial charge in [-0.3, -0.25) is 0 Å². The van der Waals surface area contributed by atoms with Crippen molar-refractivity contribution in [3.63, 3.8) is 0 Å². The third kappa shape index (κ3) is 7.01. The number of hydrogen-bond donors (Lipinski definition) is 1. The van der Waals surface area contributed by atoms with Crippen molar-refractivity contribution < 1.29 is 24.1 Å². The molecule has 0 aliphatic carbocycles. The average Bonchev–Trinajstić information content (AvgIpc) is 2.88. The predicted molar refractivity (Wildman–Crippen MR) is 156 cm³/mol. The van der Waals surface area contributed by atoms with Crippen LogP contribution in [0.2, 0.25) is 0 Å². The molecular weight excluding hydrogens is 506 g/mol. The van der Waals surface area contributed by atoms with E-state index in [-0.39, 0.29) is 19.8 Å². The van der Waals surface area contributed by atoms with Crippen molar-refractivity contribution in [1.82, 2.24) is 15.0 Å². The number of hydrogen-bond acceptors (Lipinski definition) is 8. The van der Waals surface area contributed by atoms with Gasteiger partial charge in [-0.2, -0.15) is 0 Å². The Bertz CT molecular complexity index is 1430. The fourth-order valence-corrected chi connectivity index (χ4v) is 4.24. The SMILES string of the molecule is C.COCCOC(=O)C(C)Oc1ccc(-c2nc(-c3ccc(C)cc3C)nc(-c3ccc(C)cc3C)n2)c(O)c1. The summed E-state index contributed by atoms with van der Waals surface area (Å²) in [6.45, 7) is 10.1. The Labute approximate surface area is 236 Å². The third-order valence-electron chi connectivity index (χ3n) is 6.27. The number of phenols is 1. The van der Waals surface area contributed by atoms with Crippen LogP contribution in [-0.4, -0.2) is 52.5 Å². The summed E-state index contributed by atoms with van der Waals surface area (Å²) in [7, 11) is 1.53. The summed E-state index contributed by atoms with van der Waals surface area (Å²) in [5.74, 6) is 1.05. The first-order chi connectivity index (χ1) is 18.7. The zero-order chi connectivity index (χ0) is 28.1. The van der Waals surface area contributed by atoms with E-state index in [2.05, 4.69) is 12.1 Å². The van der Waals surface area contributed by atoms with Crippen molar-refractivity contribution in [3.8, 4) is 45.7 Å². The van der Waals surface area contributed by atoms with Gasteiger partial charge in [0.2, 0.25) is 0 Å². The lowest BCUT2D eigenvalue weighted by molar-refractivity contribution is -0.152. The number of benzene rings is 3. The number of esters is 1. The molecule has 0 spiro atoms. The molecule has 0 aliphatic rings. The zero-order valence-electron chi connectivity index (χ0n) is 23.1. The van der Waals surface area contributed by atoms with Gasteiger partial charge in [-0.1, -0.05) is 55.0 Å². The number of aryl methyl sites for hydroxylation is 4. The predicted octanol–water partition coefficient (Wildman–Crippen LogP) is 6.40. The van der Waals surface area contributed by atoms with Crippen LogP contribution in [0, 0.1) is 27.7 Å². The molecule has 8 heteroatoms. The van der Waals surface area contributed by atoms with Crippen LogP contribution in [0.25, 0.3) is 34.2 Å². The van der Waals surface area contributed by atoms with Gasteiger partial charge in [0.25, 0.3) is 0 Å². The number of aromatic hydroxyl groups is 1. The Kier molecular flexibility index (Phi) is 9.96. The van der Waals surface area contributed by atoms with E-state index >= 15 is 0 Å². The summed E-state index contributed by atoms with van der Waals surface area (Å²) >= 11 is 0. The monoisotopic (exact) mass is 543 g/mol. The second-order valence-electron chi connectivity index (χ2n) is 9.54. The number of methoxy groups -OCH3 is 1. The molecular formula is C32H37N3O5. The number of rotatable bonds is 9. The van der Waals surface area contributed by atoms with Crippen LogP contribution >= 0.6 is 0 Å². The highest BCUT2D eigenvalue weighted by Gasteiger charge is 2.20. The molecule has 4 aromatic rings. The van der Waals surface area contributed by atoms with E-state index in [0.717, 1.165) is 33.4 Å². The molecule has 0 saturated heterocycles. The molecule has 0 fully saturated rings. The van der Waals surface area contributed by atoms with Gasteiger partial charge in [0.1, 0.15) is 18.1 Å². The minimum atomic E-state index is -0.864. The summed E-state index contributed by atoms with van der Waals surface area (Å²) in [6, 6.07) is 17.0. The van der Waals surface area contributed by atoms with Crippen LogP contribution in [0.1, 0.15) is 36.6 Å². The van der Waals surface area contributed by atoms with E-state index in [1.807, 2.05) is 52.0 Å². The Morgan fingerprint density at radius 2 is 1.27 bits per heavy atom. The minimum Gasteiger partial charge on any atom is -0.507 e. The number of aromatic nitrogens is 3. The first-order valence-electron chi connectivity index (χ1n) is 12.7. The topological polar surface area (TPSA) is 104 Å². The fraction of sp³-hybridized carbons (Fsp3) is 0.312. The Balaban J connectivity index is 0.00000441. The average molecular weight is 544 g/mol. The lowest BCUT2D eigenvalue weighted by Gasteiger charge is -2.15. The fourth-order valence-electron chi connectivity index (χ4n) is 4.24. The second-order valence-corrected chi connectivity index (χ2v) is 9.54. The second kappa shape index (κ2) is 13.2. The maximum atomic E-state index is 12.1. The Morgan fingerprint density at radius 3 is 1.75 bits per heavy atom. The Morgan fingerprint density at radius 1 is 0.775 bits per heavy atom. The molecule has 3 aromatic carbocycles. The van der Waals surface area contributed by atoms with E-state index in [9.17, 15) is 9.90 Å². The van der Waals surface area contributed by atoms with Crippen LogP contribution in [0.15, 0.2) is 54.6 Å². The highest BCUT2D eigenvalue weighted by atomic mass is 16.6. The van der Waals surface area contributed by atoms with E-state index < -0.39 is 12.1 Å². The molecule has 0 saturated carbocycles. The van der Waals surface area contributed by atoms with Gasteiger partial charge < -0.3 is 19.3 Å². The van der Waals surface area contributed by atoms with Crippen LogP contribution in [-0.2, 0) is 14.3 Å². The third-order valence-corrected chi connectivity index (χ3v) is 6.27. The maximum absolute atomic E-state index is 12.1. The molecule has 1 atom stereocenters. The summed E-state index contributed by atoms with van der Waals surface area (Å²) in [5.41, 5.74) is 6.55. The molecule has 1 N–H and O–H groups in total. The number of phenolic OH excluding ortho intramolecular Hbond substituents is 1. The molecule has 8 nitrogen and oxygen atoms in total. The molecule has 0 radical (unpaired) electrons. The molecule has 0 amide bonds. The summed E-state index contributed by atoms with van der Waals surface area (Å²) < 4.78 is 15.7. The largest absolute Gasteiger partial charge is 0.507 e. The molecule has 210 valence electrons. The van der Waals surface area contributed by atoms with Gasteiger partial charge >= 0.3 is 5.97 Å². The van der Waals surface area contributed by atoms with Crippen LogP contribution < -0.4 is 4.74 Å². The van der Waals surface area contributed by atoms with Crippen LogP contribution in [0.3, 0.4) is 0 Å². The first-order valence-corrected chi connectivity index (χ1v) is 12.7. The summed E-state index contributed by atoms with van der Waals surface area (Å²) in [6.07, 6.45) is -0.864. The number of carbonyl (C=O) groups is 1. The first kappa shape index (κ1) is 30.2. The van der Waals surface area contributed by atoms with E-state index in [0.29, 0.717) is 35.4 Å². The van der Waals surface area contributed by atoms with Crippen molar-refractivity contribution in [3.05, 3.63) is 76.9 Å². The minimum absolute atomic E-state index is 0. The van der Waals surface area contributed by atoms with Gasteiger partial charge in [0.15, 0.2) is 23.6 Å². The highest BCUT2D eigenvalue weighted by Crippen LogP contribution is 2.34. The van der Waals surface area contributed by atoms with Crippen molar-refractivity contribution >= 4 is 5.97 Å². The zero-order valence-corrected chi connectivity index (χ0v) is 23.1.